The van der Waals surface area contributed by atoms with Crippen molar-refractivity contribution in [2.45, 2.75) is 77.5 Å². The van der Waals surface area contributed by atoms with Crippen LogP contribution in [0, 0.1) is 5.92 Å². The number of benzene rings is 2. The predicted molar refractivity (Wildman–Crippen MR) is 179 cm³/mol. The van der Waals surface area contributed by atoms with Gasteiger partial charge in [0, 0.05) is 22.9 Å². The topological polar surface area (TPSA) is 169 Å². The molecule has 6 rings (SSSR count). The van der Waals surface area contributed by atoms with E-state index in [1.165, 1.54) is 0 Å². The van der Waals surface area contributed by atoms with Crippen LogP contribution in [0.2, 0.25) is 0 Å². The second-order valence-corrected chi connectivity index (χ2v) is 12.7. The van der Waals surface area contributed by atoms with Crippen molar-refractivity contribution in [2.75, 3.05) is 0 Å². The van der Waals surface area contributed by atoms with Gasteiger partial charge in [-0.2, -0.15) is 0 Å². The zero-order chi connectivity index (χ0) is 34.9. The molecular formula is C37H38N4O8. The fourth-order valence-electron chi connectivity index (χ4n) is 6.30. The lowest BCUT2D eigenvalue weighted by molar-refractivity contribution is -0.191. The molecule has 2 aliphatic heterocycles. The summed E-state index contributed by atoms with van der Waals surface area (Å²) < 4.78 is 18.3. The number of carbonyl (C=O) groups excluding carboxylic acids is 4. The van der Waals surface area contributed by atoms with Crippen LogP contribution in [0.15, 0.2) is 71.5 Å². The molecule has 0 saturated carbocycles. The standard InChI is InChI=1S/C37H38N4O8/c1-4-37(49-35(45)31(21(2)3)40-30(42)15-14-27(38)34(44)47-19-22-10-6-5-7-11-22)26-17-29-32-24(16-23-12-8-9-13-28(23)39-32)18-41(29)33(43)25(26)20-48-36(37)46/h5-13,16-17,21,27,31H,4,14-15,18-20,38H2,1-3H3,(H,40,42)/t27?,31-,37-/m0/s1. The average molecular weight is 667 g/mol. The van der Waals surface area contributed by atoms with Gasteiger partial charge in [-0.3, -0.25) is 14.4 Å². The van der Waals surface area contributed by atoms with E-state index in [1.54, 1.807) is 31.4 Å². The maximum atomic E-state index is 13.8. The van der Waals surface area contributed by atoms with Gasteiger partial charge in [0.05, 0.1) is 29.0 Å². The third-order valence-corrected chi connectivity index (χ3v) is 9.11. The molecule has 0 bridgehead atoms. The molecule has 254 valence electrons. The van der Waals surface area contributed by atoms with E-state index < -0.39 is 47.4 Å². The fourth-order valence-corrected chi connectivity index (χ4v) is 6.30. The summed E-state index contributed by atoms with van der Waals surface area (Å²) in [6.07, 6.45) is -0.201. The zero-order valence-corrected chi connectivity index (χ0v) is 27.6. The molecule has 2 aromatic heterocycles. The number of hydrogen-bond donors (Lipinski definition) is 2. The van der Waals surface area contributed by atoms with Gasteiger partial charge in [-0.15, -0.1) is 0 Å². The number of fused-ring (bicyclic) bond motifs is 5. The number of carbonyl (C=O) groups is 4. The van der Waals surface area contributed by atoms with Gasteiger partial charge >= 0.3 is 17.9 Å². The first kappa shape index (κ1) is 33.5. The summed E-state index contributed by atoms with van der Waals surface area (Å²) in [7, 11) is 0. The third-order valence-electron chi connectivity index (χ3n) is 9.11. The molecule has 1 unspecified atom stereocenters. The van der Waals surface area contributed by atoms with Crippen LogP contribution in [0.4, 0.5) is 0 Å². The monoisotopic (exact) mass is 666 g/mol. The Bertz CT molecular complexity index is 2010. The number of para-hydroxylation sites is 1. The number of nitrogens with zero attached hydrogens (tertiary/aromatic N) is 2. The van der Waals surface area contributed by atoms with Gasteiger partial charge in [-0.25, -0.2) is 14.6 Å². The van der Waals surface area contributed by atoms with Gasteiger partial charge in [0.25, 0.3) is 5.56 Å². The van der Waals surface area contributed by atoms with Crippen molar-refractivity contribution in [3.8, 4) is 11.4 Å². The lowest BCUT2D eigenvalue weighted by Gasteiger charge is -2.37. The number of amides is 1. The normalized spacial score (nSPS) is 17.4. The van der Waals surface area contributed by atoms with Crippen LogP contribution < -0.4 is 16.6 Å². The number of nitrogens with one attached hydrogen (secondary N) is 1. The number of hydrogen-bond acceptors (Lipinski definition) is 10. The van der Waals surface area contributed by atoms with E-state index in [1.807, 2.05) is 60.7 Å². The molecule has 0 aliphatic carbocycles. The van der Waals surface area contributed by atoms with Gasteiger partial charge in [0.1, 0.15) is 25.3 Å². The van der Waals surface area contributed by atoms with E-state index in [-0.39, 0.29) is 49.2 Å². The Labute approximate surface area is 282 Å². The highest BCUT2D eigenvalue weighted by Crippen LogP contribution is 2.41. The Hall–Kier alpha value is -5.36. The fraction of sp³-hybridized carbons (Fsp3) is 0.351. The van der Waals surface area contributed by atoms with Crippen molar-refractivity contribution in [3.05, 3.63) is 99.3 Å². The maximum Gasteiger partial charge on any atom is 0.355 e. The Balaban J connectivity index is 1.19. The van der Waals surface area contributed by atoms with Crippen LogP contribution in [-0.2, 0) is 58.7 Å². The van der Waals surface area contributed by atoms with Crippen LogP contribution in [0.25, 0.3) is 22.3 Å². The molecule has 2 aliphatic rings. The largest absolute Gasteiger partial charge is 0.460 e. The first-order valence-corrected chi connectivity index (χ1v) is 16.3. The zero-order valence-electron chi connectivity index (χ0n) is 27.6. The number of pyridine rings is 2. The number of rotatable bonds is 11. The van der Waals surface area contributed by atoms with Crippen LogP contribution >= 0.6 is 0 Å². The first-order valence-electron chi connectivity index (χ1n) is 16.3. The van der Waals surface area contributed by atoms with Crippen molar-refractivity contribution in [3.63, 3.8) is 0 Å². The van der Waals surface area contributed by atoms with Crippen LogP contribution in [0.5, 0.6) is 0 Å². The minimum absolute atomic E-state index is 0.0161. The van der Waals surface area contributed by atoms with Gasteiger partial charge < -0.3 is 29.8 Å². The summed E-state index contributed by atoms with van der Waals surface area (Å²) in [5.41, 5.74) is 7.70. The van der Waals surface area contributed by atoms with Gasteiger partial charge in [-0.1, -0.05) is 69.3 Å². The van der Waals surface area contributed by atoms with E-state index in [0.29, 0.717) is 17.9 Å². The molecule has 0 radical (unpaired) electrons. The lowest BCUT2D eigenvalue weighted by atomic mass is 9.85. The molecule has 12 heteroatoms. The Morgan fingerprint density at radius 1 is 1.04 bits per heavy atom. The highest BCUT2D eigenvalue weighted by atomic mass is 16.6. The highest BCUT2D eigenvalue weighted by Gasteiger charge is 2.51. The molecule has 12 nitrogen and oxygen atoms in total. The van der Waals surface area contributed by atoms with Gasteiger partial charge in [0.2, 0.25) is 11.5 Å². The molecule has 0 spiro atoms. The van der Waals surface area contributed by atoms with E-state index >= 15 is 0 Å². The van der Waals surface area contributed by atoms with E-state index in [4.69, 9.17) is 24.9 Å². The van der Waals surface area contributed by atoms with Crippen molar-refractivity contribution in [1.29, 1.82) is 0 Å². The minimum atomic E-state index is -1.93. The SMILES string of the molecule is CC[C@@]1(OC(=O)[C@@H](NC(=O)CCC(N)C(=O)OCc2ccccc2)C(C)C)C(=O)OCc2c1cc1n(c2=O)Cc2cc3ccccc3nc2-1. The van der Waals surface area contributed by atoms with Crippen LogP contribution in [0.3, 0.4) is 0 Å². The molecular weight excluding hydrogens is 628 g/mol. The maximum absolute atomic E-state index is 13.8. The Morgan fingerprint density at radius 2 is 1.78 bits per heavy atom. The van der Waals surface area contributed by atoms with Crippen molar-refractivity contribution in [1.82, 2.24) is 14.9 Å². The highest BCUT2D eigenvalue weighted by molar-refractivity contribution is 5.91. The molecule has 3 N–H and O–H groups in total. The van der Waals surface area contributed by atoms with Gasteiger partial charge in [-0.05, 0) is 42.5 Å². The molecule has 2 aromatic carbocycles. The number of cyclic esters (lactones) is 1. The predicted octanol–water partition coefficient (Wildman–Crippen LogP) is 3.62. The molecule has 49 heavy (non-hydrogen) atoms. The van der Waals surface area contributed by atoms with Gasteiger partial charge in [0.15, 0.2) is 0 Å². The van der Waals surface area contributed by atoms with Crippen molar-refractivity contribution >= 4 is 34.7 Å². The van der Waals surface area contributed by atoms with E-state index in [0.717, 1.165) is 22.0 Å². The molecule has 3 atom stereocenters. The first-order chi connectivity index (χ1) is 23.5. The summed E-state index contributed by atoms with van der Waals surface area (Å²) >= 11 is 0. The van der Waals surface area contributed by atoms with E-state index in [9.17, 15) is 24.0 Å². The lowest BCUT2D eigenvalue weighted by Crippen LogP contribution is -2.52. The molecule has 4 heterocycles. The molecule has 4 aromatic rings. The summed E-state index contributed by atoms with van der Waals surface area (Å²) in [5, 5.41) is 3.61. The summed E-state index contributed by atoms with van der Waals surface area (Å²) in [6, 6.07) is 18.3. The average Bonchev–Trinajstić information content (AvgIpc) is 3.46. The summed E-state index contributed by atoms with van der Waals surface area (Å²) in [6.45, 7) is 5.19. The number of ether oxygens (including phenoxy) is 3. The van der Waals surface area contributed by atoms with Crippen LogP contribution in [0.1, 0.15) is 62.3 Å². The molecule has 0 fully saturated rings. The Morgan fingerprint density at radius 3 is 2.51 bits per heavy atom. The van der Waals surface area contributed by atoms with Crippen molar-refractivity contribution < 1.29 is 33.4 Å². The van der Waals surface area contributed by atoms with Crippen LogP contribution in [-0.4, -0.2) is 45.4 Å². The molecule has 1 amide bonds. The number of nitrogens with two attached hydrogens (primary N) is 1. The third kappa shape index (κ3) is 6.43. The smallest absolute Gasteiger partial charge is 0.355 e. The minimum Gasteiger partial charge on any atom is -0.460 e. The van der Waals surface area contributed by atoms with Crippen molar-refractivity contribution in [2.24, 2.45) is 11.7 Å². The second-order valence-electron chi connectivity index (χ2n) is 12.7. The number of aromatic nitrogens is 2. The summed E-state index contributed by atoms with van der Waals surface area (Å²) in [4.78, 5) is 71.3. The van der Waals surface area contributed by atoms with E-state index in [2.05, 4.69) is 5.32 Å². The Kier molecular flexibility index (Phi) is 9.33. The second kappa shape index (κ2) is 13.6. The summed E-state index contributed by atoms with van der Waals surface area (Å²) in [5.74, 6) is -3.30. The number of esters is 3. The molecule has 0 saturated heterocycles. The quantitative estimate of drug-likeness (QED) is 0.157.